The maximum Gasteiger partial charge on any atom is 0.250 e. The van der Waals surface area contributed by atoms with Crippen molar-refractivity contribution in [1.29, 1.82) is 0 Å². The second kappa shape index (κ2) is 5.80. The Morgan fingerprint density at radius 3 is 2.21 bits per heavy atom. The quantitative estimate of drug-likeness (QED) is 0.744. The van der Waals surface area contributed by atoms with Crippen molar-refractivity contribution in [3.05, 3.63) is 95.8 Å². The van der Waals surface area contributed by atoms with Crippen molar-refractivity contribution in [2.45, 2.75) is 9.64 Å². The van der Waals surface area contributed by atoms with Crippen molar-refractivity contribution >= 4 is 23.4 Å². The van der Waals surface area contributed by atoms with E-state index >= 15 is 0 Å². The van der Waals surface area contributed by atoms with Crippen LogP contribution in [0.25, 0.3) is 0 Å². The van der Waals surface area contributed by atoms with Gasteiger partial charge in [0, 0.05) is 10.5 Å². The van der Waals surface area contributed by atoms with Crippen LogP contribution >= 0.6 is 11.8 Å². The summed E-state index contributed by atoms with van der Waals surface area (Å²) in [5.74, 6) is -0.630. The minimum Gasteiger partial charge on any atom is -0.321 e. The molecule has 118 valence electrons. The van der Waals surface area contributed by atoms with Gasteiger partial charge in [0.1, 0.15) is 5.82 Å². The highest BCUT2D eigenvalue weighted by Gasteiger charge is 2.50. The fraction of sp³-hybridized carbons (Fsp3) is 0.0500. The van der Waals surface area contributed by atoms with E-state index in [1.165, 1.54) is 17.8 Å². The highest BCUT2D eigenvalue weighted by molar-refractivity contribution is 8.01. The average molecular weight is 335 g/mol. The molecule has 0 saturated heterocycles. The number of benzene rings is 3. The van der Waals surface area contributed by atoms with Gasteiger partial charge in [0.05, 0.1) is 5.69 Å². The first kappa shape index (κ1) is 15.0. The number of thioether (sulfide) groups is 1. The Labute approximate surface area is 143 Å². The van der Waals surface area contributed by atoms with Crippen molar-refractivity contribution in [3.63, 3.8) is 0 Å². The fourth-order valence-electron chi connectivity index (χ4n) is 3.05. The van der Waals surface area contributed by atoms with Crippen molar-refractivity contribution in [1.82, 2.24) is 0 Å². The summed E-state index contributed by atoms with van der Waals surface area (Å²) in [5, 5.41) is 2.74. The molecule has 4 rings (SSSR count). The molecule has 0 fully saturated rings. The molecular formula is C20H14FNOS. The molecule has 0 saturated carbocycles. The number of fused-ring (bicyclic) bond motifs is 1. The van der Waals surface area contributed by atoms with E-state index in [2.05, 4.69) is 5.32 Å². The molecule has 3 aromatic rings. The van der Waals surface area contributed by atoms with Gasteiger partial charge in [-0.3, -0.25) is 4.79 Å². The minimum absolute atomic E-state index is 0.220. The van der Waals surface area contributed by atoms with Crippen LogP contribution in [0.5, 0.6) is 0 Å². The van der Waals surface area contributed by atoms with E-state index in [1.54, 1.807) is 6.07 Å². The standard InChI is InChI=1S/C20H14FNOS/c21-17-13-7-12-16-18(17)22-19(23)20(16,14-8-3-1-4-9-14)24-15-10-5-2-6-11-15/h1-13H,(H,22,23)/t20-/m1/s1. The highest BCUT2D eigenvalue weighted by atomic mass is 32.2. The second-order valence-corrected chi connectivity index (χ2v) is 6.87. The van der Waals surface area contributed by atoms with E-state index < -0.39 is 10.6 Å². The SMILES string of the molecule is O=C1Nc2c(F)cccc2[C@]1(Sc1ccccc1)c1ccccc1. The van der Waals surface area contributed by atoms with Crippen LogP contribution in [0.2, 0.25) is 0 Å². The molecule has 3 aromatic carbocycles. The zero-order valence-corrected chi connectivity index (χ0v) is 13.5. The number of para-hydroxylation sites is 1. The smallest absolute Gasteiger partial charge is 0.250 e. The second-order valence-electron chi connectivity index (χ2n) is 5.58. The average Bonchev–Trinajstić information content (AvgIpc) is 2.91. The van der Waals surface area contributed by atoms with Crippen LogP contribution in [-0.2, 0) is 9.54 Å². The molecule has 0 aromatic heterocycles. The lowest BCUT2D eigenvalue weighted by Crippen LogP contribution is -2.32. The van der Waals surface area contributed by atoms with Gasteiger partial charge in [0.2, 0.25) is 5.91 Å². The summed E-state index contributed by atoms with van der Waals surface area (Å²) < 4.78 is 13.2. The monoisotopic (exact) mass is 335 g/mol. The Bertz CT molecular complexity index is 898. The third-order valence-electron chi connectivity index (χ3n) is 4.15. The van der Waals surface area contributed by atoms with Gasteiger partial charge in [0.15, 0.2) is 4.75 Å². The number of amides is 1. The molecule has 0 spiro atoms. The number of carbonyl (C=O) groups excluding carboxylic acids is 1. The lowest BCUT2D eigenvalue weighted by atomic mass is 9.91. The van der Waals surface area contributed by atoms with Gasteiger partial charge in [0.25, 0.3) is 0 Å². The van der Waals surface area contributed by atoms with Crippen LogP contribution in [0, 0.1) is 5.82 Å². The third kappa shape index (κ3) is 2.22. The predicted molar refractivity (Wildman–Crippen MR) is 94.6 cm³/mol. The van der Waals surface area contributed by atoms with E-state index in [1.807, 2.05) is 66.7 Å². The summed E-state index contributed by atoms with van der Waals surface area (Å²) in [6, 6.07) is 24.1. The summed E-state index contributed by atoms with van der Waals surface area (Å²) in [6.45, 7) is 0. The molecule has 1 atom stereocenters. The van der Waals surface area contributed by atoms with Crippen molar-refractivity contribution in [3.8, 4) is 0 Å². The maximum atomic E-state index is 14.2. The number of halogens is 1. The van der Waals surface area contributed by atoms with Crippen LogP contribution in [0.3, 0.4) is 0 Å². The van der Waals surface area contributed by atoms with Gasteiger partial charge in [-0.2, -0.15) is 0 Å². The van der Waals surface area contributed by atoms with E-state index in [0.29, 0.717) is 5.56 Å². The molecule has 0 radical (unpaired) electrons. The van der Waals surface area contributed by atoms with Gasteiger partial charge in [-0.25, -0.2) is 4.39 Å². The maximum absolute atomic E-state index is 14.2. The van der Waals surface area contributed by atoms with E-state index in [4.69, 9.17) is 0 Å². The molecule has 1 aliphatic rings. The topological polar surface area (TPSA) is 29.1 Å². The van der Waals surface area contributed by atoms with Crippen LogP contribution in [0.15, 0.2) is 83.8 Å². The molecule has 1 N–H and O–H groups in total. The predicted octanol–water partition coefficient (Wildman–Crippen LogP) is 4.81. The van der Waals surface area contributed by atoms with E-state index in [0.717, 1.165) is 10.5 Å². The molecule has 2 nitrogen and oxygen atoms in total. The Kier molecular flexibility index (Phi) is 3.62. The minimum atomic E-state index is -1.000. The molecule has 1 amide bonds. The summed E-state index contributed by atoms with van der Waals surface area (Å²) in [4.78, 5) is 14.0. The number of nitrogens with one attached hydrogen (secondary N) is 1. The molecule has 4 heteroatoms. The van der Waals surface area contributed by atoms with Gasteiger partial charge < -0.3 is 5.32 Å². The molecule has 1 heterocycles. The Balaban J connectivity index is 1.96. The lowest BCUT2D eigenvalue weighted by Gasteiger charge is -2.27. The zero-order chi connectivity index (χ0) is 16.6. The van der Waals surface area contributed by atoms with Crippen molar-refractivity contribution in [2.75, 3.05) is 5.32 Å². The summed E-state index contributed by atoms with van der Waals surface area (Å²) in [6.07, 6.45) is 0. The molecular weight excluding hydrogens is 321 g/mol. The number of rotatable bonds is 3. The summed E-state index contributed by atoms with van der Waals surface area (Å²) >= 11 is 1.43. The van der Waals surface area contributed by atoms with Gasteiger partial charge >= 0.3 is 0 Å². The van der Waals surface area contributed by atoms with Crippen molar-refractivity contribution < 1.29 is 9.18 Å². The molecule has 24 heavy (non-hydrogen) atoms. The largest absolute Gasteiger partial charge is 0.321 e. The lowest BCUT2D eigenvalue weighted by molar-refractivity contribution is -0.117. The van der Waals surface area contributed by atoms with Crippen LogP contribution in [0.1, 0.15) is 11.1 Å². The van der Waals surface area contributed by atoms with Crippen LogP contribution < -0.4 is 5.32 Å². The fourth-order valence-corrected chi connectivity index (χ4v) is 4.38. The number of hydrogen-bond donors (Lipinski definition) is 1. The Morgan fingerprint density at radius 2 is 1.50 bits per heavy atom. The molecule has 0 bridgehead atoms. The number of anilines is 1. The van der Waals surface area contributed by atoms with E-state index in [9.17, 15) is 9.18 Å². The van der Waals surface area contributed by atoms with Gasteiger partial charge in [-0.1, -0.05) is 72.4 Å². The van der Waals surface area contributed by atoms with Crippen LogP contribution in [-0.4, -0.2) is 5.91 Å². The number of hydrogen-bond acceptors (Lipinski definition) is 2. The number of carbonyl (C=O) groups is 1. The van der Waals surface area contributed by atoms with Gasteiger partial charge in [-0.05, 0) is 23.8 Å². The Morgan fingerprint density at radius 1 is 0.833 bits per heavy atom. The highest BCUT2D eigenvalue weighted by Crippen LogP contribution is 2.53. The van der Waals surface area contributed by atoms with Crippen molar-refractivity contribution in [2.24, 2.45) is 0 Å². The molecule has 0 unspecified atom stereocenters. The first-order valence-electron chi connectivity index (χ1n) is 7.62. The Hall–Kier alpha value is -2.59. The van der Waals surface area contributed by atoms with E-state index in [-0.39, 0.29) is 11.6 Å². The summed E-state index contributed by atoms with van der Waals surface area (Å²) in [7, 11) is 0. The zero-order valence-electron chi connectivity index (χ0n) is 12.7. The summed E-state index contributed by atoms with van der Waals surface area (Å²) in [5.41, 5.74) is 1.77. The van der Waals surface area contributed by atoms with Crippen LogP contribution in [0.4, 0.5) is 10.1 Å². The molecule has 0 aliphatic carbocycles. The van der Waals surface area contributed by atoms with Gasteiger partial charge in [-0.15, -0.1) is 0 Å². The third-order valence-corrected chi connectivity index (χ3v) is 5.60. The normalized spacial score (nSPS) is 19.0. The molecule has 1 aliphatic heterocycles. The first-order valence-corrected chi connectivity index (χ1v) is 8.43. The first-order chi connectivity index (χ1) is 11.7.